The SMILES string of the molecule is CCCC(C(=O)N1CCN(C(C)(C)C)CC1)C(N)=NO. The van der Waals surface area contributed by atoms with E-state index in [1.165, 1.54) is 0 Å². The van der Waals surface area contributed by atoms with Gasteiger partial charge in [-0.05, 0) is 27.2 Å². The summed E-state index contributed by atoms with van der Waals surface area (Å²) >= 11 is 0. The molecule has 0 aliphatic carbocycles. The molecule has 6 nitrogen and oxygen atoms in total. The van der Waals surface area contributed by atoms with Gasteiger partial charge in [0.05, 0.1) is 5.92 Å². The molecule has 0 saturated carbocycles. The summed E-state index contributed by atoms with van der Waals surface area (Å²) in [5.41, 5.74) is 5.78. The molecule has 1 atom stereocenters. The zero-order valence-electron chi connectivity index (χ0n) is 13.1. The summed E-state index contributed by atoms with van der Waals surface area (Å²) in [6.07, 6.45) is 1.45. The maximum atomic E-state index is 12.5. The van der Waals surface area contributed by atoms with Crippen LogP contribution in [-0.2, 0) is 4.79 Å². The second-order valence-electron chi connectivity index (χ2n) is 6.35. The molecule has 3 N–H and O–H groups in total. The quantitative estimate of drug-likeness (QED) is 0.350. The number of oxime groups is 1. The van der Waals surface area contributed by atoms with Crippen LogP contribution >= 0.6 is 0 Å². The number of carbonyl (C=O) groups is 1. The molecule has 0 spiro atoms. The van der Waals surface area contributed by atoms with Crippen molar-refractivity contribution in [1.29, 1.82) is 0 Å². The Morgan fingerprint density at radius 1 is 1.30 bits per heavy atom. The summed E-state index contributed by atoms with van der Waals surface area (Å²) in [5.74, 6) is -0.489. The lowest BCUT2D eigenvalue weighted by Gasteiger charge is -2.42. The number of amidine groups is 1. The van der Waals surface area contributed by atoms with Crippen LogP contribution in [0.1, 0.15) is 40.5 Å². The van der Waals surface area contributed by atoms with Gasteiger partial charge in [0.25, 0.3) is 0 Å². The highest BCUT2D eigenvalue weighted by molar-refractivity contribution is 6.02. The van der Waals surface area contributed by atoms with E-state index in [-0.39, 0.29) is 17.3 Å². The van der Waals surface area contributed by atoms with Crippen molar-refractivity contribution >= 4 is 11.7 Å². The van der Waals surface area contributed by atoms with Crippen LogP contribution in [0.15, 0.2) is 5.16 Å². The minimum Gasteiger partial charge on any atom is -0.409 e. The highest BCUT2D eigenvalue weighted by Crippen LogP contribution is 2.18. The van der Waals surface area contributed by atoms with Gasteiger partial charge in [-0.15, -0.1) is 0 Å². The van der Waals surface area contributed by atoms with Crippen LogP contribution < -0.4 is 5.73 Å². The molecule has 1 rings (SSSR count). The number of hydrogen-bond acceptors (Lipinski definition) is 4. The van der Waals surface area contributed by atoms with Crippen molar-refractivity contribution in [1.82, 2.24) is 9.80 Å². The van der Waals surface area contributed by atoms with Gasteiger partial charge >= 0.3 is 0 Å². The fraction of sp³-hybridized carbons (Fsp3) is 0.857. The Kier molecular flexibility index (Phi) is 5.80. The highest BCUT2D eigenvalue weighted by Gasteiger charge is 2.32. The maximum Gasteiger partial charge on any atom is 0.233 e. The van der Waals surface area contributed by atoms with E-state index in [9.17, 15) is 4.79 Å². The Morgan fingerprint density at radius 2 is 1.85 bits per heavy atom. The van der Waals surface area contributed by atoms with Crippen molar-refractivity contribution in [2.75, 3.05) is 26.2 Å². The standard InChI is InChI=1S/C14H28N4O2/c1-5-6-11(12(15)16-20)13(19)17-7-9-18(10-8-17)14(2,3)4/h11,20H,5-10H2,1-4H3,(H2,15,16). The molecule has 1 aliphatic rings. The van der Waals surface area contributed by atoms with Crippen LogP contribution in [0.4, 0.5) is 0 Å². The van der Waals surface area contributed by atoms with Gasteiger partial charge < -0.3 is 15.8 Å². The second-order valence-corrected chi connectivity index (χ2v) is 6.35. The molecular weight excluding hydrogens is 256 g/mol. The molecule has 6 heteroatoms. The van der Waals surface area contributed by atoms with Gasteiger partial charge in [0.2, 0.25) is 5.91 Å². The molecule has 1 unspecified atom stereocenters. The summed E-state index contributed by atoms with van der Waals surface area (Å²) in [4.78, 5) is 16.7. The lowest BCUT2D eigenvalue weighted by molar-refractivity contribution is -0.136. The van der Waals surface area contributed by atoms with Crippen LogP contribution in [0.2, 0.25) is 0 Å². The average Bonchev–Trinajstić information content (AvgIpc) is 2.42. The monoisotopic (exact) mass is 284 g/mol. The van der Waals surface area contributed by atoms with E-state index >= 15 is 0 Å². The lowest BCUT2D eigenvalue weighted by Crippen LogP contribution is -2.56. The molecule has 1 aliphatic heterocycles. The third-order valence-corrected chi connectivity index (χ3v) is 3.89. The number of amides is 1. The van der Waals surface area contributed by atoms with E-state index in [0.29, 0.717) is 19.5 Å². The molecule has 1 saturated heterocycles. The summed E-state index contributed by atoms with van der Waals surface area (Å²) in [6, 6.07) is 0. The average molecular weight is 284 g/mol. The number of carbonyl (C=O) groups excluding carboxylic acids is 1. The molecular formula is C14H28N4O2. The van der Waals surface area contributed by atoms with Crippen molar-refractivity contribution in [3.8, 4) is 0 Å². The first-order chi connectivity index (χ1) is 9.31. The van der Waals surface area contributed by atoms with Crippen molar-refractivity contribution in [2.24, 2.45) is 16.8 Å². The van der Waals surface area contributed by atoms with E-state index in [1.807, 2.05) is 11.8 Å². The van der Waals surface area contributed by atoms with Crippen LogP contribution in [0.5, 0.6) is 0 Å². The van der Waals surface area contributed by atoms with Gasteiger partial charge in [-0.2, -0.15) is 0 Å². The minimum atomic E-state index is -0.494. The predicted octanol–water partition coefficient (Wildman–Crippen LogP) is 1.09. The smallest absolute Gasteiger partial charge is 0.233 e. The van der Waals surface area contributed by atoms with Gasteiger partial charge in [0, 0.05) is 31.7 Å². The van der Waals surface area contributed by atoms with Crippen LogP contribution in [0, 0.1) is 5.92 Å². The Hall–Kier alpha value is -1.30. The molecule has 1 amide bonds. The van der Waals surface area contributed by atoms with Gasteiger partial charge in [0.15, 0.2) is 5.84 Å². The first kappa shape index (κ1) is 16.8. The number of piperazine rings is 1. The first-order valence-corrected chi connectivity index (χ1v) is 7.32. The van der Waals surface area contributed by atoms with Crippen LogP contribution in [-0.4, -0.2) is 58.5 Å². The van der Waals surface area contributed by atoms with E-state index < -0.39 is 5.92 Å². The van der Waals surface area contributed by atoms with E-state index in [2.05, 4.69) is 30.8 Å². The van der Waals surface area contributed by atoms with Gasteiger partial charge in [-0.3, -0.25) is 9.69 Å². The third kappa shape index (κ3) is 4.10. The zero-order chi connectivity index (χ0) is 15.3. The third-order valence-electron chi connectivity index (χ3n) is 3.89. The first-order valence-electron chi connectivity index (χ1n) is 7.32. The van der Waals surface area contributed by atoms with Gasteiger partial charge in [-0.1, -0.05) is 18.5 Å². The number of nitrogens with two attached hydrogens (primary N) is 1. The molecule has 0 radical (unpaired) electrons. The highest BCUT2D eigenvalue weighted by atomic mass is 16.4. The van der Waals surface area contributed by atoms with Crippen LogP contribution in [0.3, 0.4) is 0 Å². The Balaban J connectivity index is 2.65. The zero-order valence-corrected chi connectivity index (χ0v) is 13.1. The fourth-order valence-corrected chi connectivity index (χ4v) is 2.57. The minimum absolute atomic E-state index is 0.0179. The normalized spacial score (nSPS) is 20.0. The maximum absolute atomic E-state index is 12.5. The molecule has 0 bridgehead atoms. The van der Waals surface area contributed by atoms with Crippen molar-refractivity contribution in [3.63, 3.8) is 0 Å². The topological polar surface area (TPSA) is 82.2 Å². The fourth-order valence-electron chi connectivity index (χ4n) is 2.57. The van der Waals surface area contributed by atoms with Crippen molar-refractivity contribution in [2.45, 2.75) is 46.1 Å². The number of nitrogens with zero attached hydrogens (tertiary/aromatic N) is 3. The lowest BCUT2D eigenvalue weighted by atomic mass is 9.99. The van der Waals surface area contributed by atoms with E-state index in [0.717, 1.165) is 19.5 Å². The summed E-state index contributed by atoms with van der Waals surface area (Å²) in [7, 11) is 0. The molecule has 0 aromatic rings. The molecule has 0 aromatic heterocycles. The second kappa shape index (κ2) is 6.92. The molecule has 1 fully saturated rings. The largest absolute Gasteiger partial charge is 0.409 e. The molecule has 1 heterocycles. The van der Waals surface area contributed by atoms with E-state index in [1.54, 1.807) is 0 Å². The molecule has 0 aromatic carbocycles. The predicted molar refractivity (Wildman–Crippen MR) is 79.7 cm³/mol. The van der Waals surface area contributed by atoms with Gasteiger partial charge in [-0.25, -0.2) is 0 Å². The van der Waals surface area contributed by atoms with Crippen molar-refractivity contribution in [3.05, 3.63) is 0 Å². The Bertz CT molecular complexity index is 355. The number of rotatable bonds is 4. The summed E-state index contributed by atoms with van der Waals surface area (Å²) in [5, 5.41) is 11.8. The van der Waals surface area contributed by atoms with Crippen LogP contribution in [0.25, 0.3) is 0 Å². The van der Waals surface area contributed by atoms with Gasteiger partial charge in [0.1, 0.15) is 0 Å². The van der Waals surface area contributed by atoms with E-state index in [4.69, 9.17) is 10.9 Å². The molecule has 20 heavy (non-hydrogen) atoms. The Morgan fingerprint density at radius 3 is 2.25 bits per heavy atom. The molecule has 116 valence electrons. The Labute approximate surface area is 121 Å². The number of hydrogen-bond donors (Lipinski definition) is 2. The van der Waals surface area contributed by atoms with Crippen molar-refractivity contribution < 1.29 is 10.0 Å². The summed E-state index contributed by atoms with van der Waals surface area (Å²) < 4.78 is 0. The summed E-state index contributed by atoms with van der Waals surface area (Å²) in [6.45, 7) is 11.7.